The molecule has 0 amide bonds. The molecule has 0 radical (unpaired) electrons. The first-order chi connectivity index (χ1) is 6.08. The largest absolute Gasteiger partial charge is 0.298 e. The van der Waals surface area contributed by atoms with Gasteiger partial charge in [-0.3, -0.25) is 4.79 Å². The maximum Gasteiger partial charge on any atom is 0.148 e. The fraction of sp³-hybridized carbons (Fsp3) is 0.909. The molecule has 1 aliphatic heterocycles. The van der Waals surface area contributed by atoms with E-state index in [4.69, 9.17) is 0 Å². The van der Waals surface area contributed by atoms with Gasteiger partial charge in [0.05, 0.1) is 4.75 Å². The van der Waals surface area contributed by atoms with Gasteiger partial charge in [0.2, 0.25) is 0 Å². The Labute approximate surface area is 85.7 Å². The molecule has 0 N–H and O–H groups in total. The van der Waals surface area contributed by atoms with Crippen LogP contribution in [-0.2, 0) is 4.79 Å². The molecule has 76 valence electrons. The molecule has 0 aromatic carbocycles. The van der Waals surface area contributed by atoms with Gasteiger partial charge in [-0.2, -0.15) is 0 Å². The van der Waals surface area contributed by atoms with Gasteiger partial charge >= 0.3 is 0 Å². The Kier molecular flexibility index (Phi) is 3.84. The Morgan fingerprint density at radius 3 is 2.77 bits per heavy atom. The summed E-state index contributed by atoms with van der Waals surface area (Å²) in [5, 5.41) is 0. The predicted molar refractivity (Wildman–Crippen MR) is 59.2 cm³/mol. The molecule has 0 aromatic heterocycles. The van der Waals surface area contributed by atoms with Crippen LogP contribution in [0.4, 0.5) is 0 Å². The molecule has 0 aromatic rings. The summed E-state index contributed by atoms with van der Waals surface area (Å²) in [5.74, 6) is 2.21. The second-order valence-electron chi connectivity index (χ2n) is 4.32. The van der Waals surface area contributed by atoms with Gasteiger partial charge in [-0.1, -0.05) is 20.3 Å². The Balaban J connectivity index is 2.46. The molecule has 2 unspecified atom stereocenters. The lowest BCUT2D eigenvalue weighted by molar-refractivity contribution is -0.121. The molecule has 13 heavy (non-hydrogen) atoms. The normalized spacial score (nSPS) is 30.4. The SMILES string of the molecule is CCC(C)CC(=O)C1(C)CCCS1. The van der Waals surface area contributed by atoms with E-state index < -0.39 is 0 Å². The highest BCUT2D eigenvalue weighted by atomic mass is 32.2. The molecule has 2 atom stereocenters. The van der Waals surface area contributed by atoms with Gasteiger partial charge in [-0.15, -0.1) is 11.8 Å². The van der Waals surface area contributed by atoms with Crippen molar-refractivity contribution in [2.45, 2.75) is 51.2 Å². The van der Waals surface area contributed by atoms with Crippen molar-refractivity contribution in [3.8, 4) is 0 Å². The molecule has 1 heterocycles. The van der Waals surface area contributed by atoms with Gasteiger partial charge in [0, 0.05) is 6.42 Å². The lowest BCUT2D eigenvalue weighted by Gasteiger charge is -2.22. The highest BCUT2D eigenvalue weighted by molar-refractivity contribution is 8.01. The monoisotopic (exact) mass is 200 g/mol. The second-order valence-corrected chi connectivity index (χ2v) is 5.92. The number of carbonyl (C=O) groups is 1. The summed E-state index contributed by atoms with van der Waals surface area (Å²) in [6.07, 6.45) is 4.20. The van der Waals surface area contributed by atoms with Crippen molar-refractivity contribution in [2.24, 2.45) is 5.92 Å². The summed E-state index contributed by atoms with van der Waals surface area (Å²) in [6.45, 7) is 6.44. The smallest absolute Gasteiger partial charge is 0.148 e. The van der Waals surface area contributed by atoms with E-state index in [-0.39, 0.29) is 4.75 Å². The van der Waals surface area contributed by atoms with Crippen LogP contribution in [-0.4, -0.2) is 16.3 Å². The van der Waals surface area contributed by atoms with E-state index in [1.165, 1.54) is 12.2 Å². The van der Waals surface area contributed by atoms with Crippen molar-refractivity contribution in [2.75, 3.05) is 5.75 Å². The average Bonchev–Trinajstić information content (AvgIpc) is 2.53. The number of Topliss-reactive ketones (excluding diaryl/α,β-unsaturated/α-hetero) is 1. The van der Waals surface area contributed by atoms with Gasteiger partial charge in [0.1, 0.15) is 5.78 Å². The Morgan fingerprint density at radius 1 is 1.62 bits per heavy atom. The number of ketones is 1. The summed E-state index contributed by atoms with van der Waals surface area (Å²) >= 11 is 1.86. The Bertz CT molecular complexity index is 183. The third-order valence-corrected chi connectivity index (χ3v) is 4.60. The third kappa shape index (κ3) is 2.73. The summed E-state index contributed by atoms with van der Waals surface area (Å²) in [5.41, 5.74) is 0. The van der Waals surface area contributed by atoms with Crippen LogP contribution in [0.3, 0.4) is 0 Å². The number of carbonyl (C=O) groups excluding carboxylic acids is 1. The number of thioether (sulfide) groups is 1. The first-order valence-electron chi connectivity index (χ1n) is 5.25. The van der Waals surface area contributed by atoms with Crippen molar-refractivity contribution < 1.29 is 4.79 Å². The van der Waals surface area contributed by atoms with Crippen molar-refractivity contribution in [3.05, 3.63) is 0 Å². The van der Waals surface area contributed by atoms with Crippen molar-refractivity contribution >= 4 is 17.5 Å². The van der Waals surface area contributed by atoms with Crippen molar-refractivity contribution in [1.29, 1.82) is 0 Å². The summed E-state index contributed by atoms with van der Waals surface area (Å²) in [4.78, 5) is 11.9. The van der Waals surface area contributed by atoms with Crippen LogP contribution in [0.1, 0.15) is 46.5 Å². The lowest BCUT2D eigenvalue weighted by Crippen LogP contribution is -2.29. The van der Waals surface area contributed by atoms with E-state index in [2.05, 4.69) is 20.8 Å². The summed E-state index contributed by atoms with van der Waals surface area (Å²) < 4.78 is -0.0383. The number of hydrogen-bond donors (Lipinski definition) is 0. The van der Waals surface area contributed by atoms with E-state index >= 15 is 0 Å². The van der Waals surface area contributed by atoms with Crippen LogP contribution in [0, 0.1) is 5.92 Å². The molecule has 1 fully saturated rings. The second kappa shape index (κ2) is 4.50. The summed E-state index contributed by atoms with van der Waals surface area (Å²) in [7, 11) is 0. The lowest BCUT2D eigenvalue weighted by atomic mass is 9.92. The van der Waals surface area contributed by atoms with E-state index in [0.717, 1.165) is 19.3 Å². The molecule has 1 saturated heterocycles. The fourth-order valence-electron chi connectivity index (χ4n) is 1.68. The van der Waals surface area contributed by atoms with Crippen LogP contribution < -0.4 is 0 Å². The minimum Gasteiger partial charge on any atom is -0.298 e. The molecule has 0 spiro atoms. The average molecular weight is 200 g/mol. The van der Waals surface area contributed by atoms with Crippen LogP contribution in [0.25, 0.3) is 0 Å². The summed E-state index contributed by atoms with van der Waals surface area (Å²) in [6, 6.07) is 0. The van der Waals surface area contributed by atoms with E-state index in [1.807, 2.05) is 11.8 Å². The van der Waals surface area contributed by atoms with Crippen molar-refractivity contribution in [1.82, 2.24) is 0 Å². The first-order valence-corrected chi connectivity index (χ1v) is 6.24. The van der Waals surface area contributed by atoms with E-state index in [1.54, 1.807) is 0 Å². The minimum atomic E-state index is -0.0383. The number of hydrogen-bond acceptors (Lipinski definition) is 2. The molecular formula is C11H20OS. The van der Waals surface area contributed by atoms with E-state index in [9.17, 15) is 4.79 Å². The fourth-order valence-corrected chi connectivity index (χ4v) is 2.95. The van der Waals surface area contributed by atoms with Gasteiger partial charge in [0.25, 0.3) is 0 Å². The maximum atomic E-state index is 11.9. The van der Waals surface area contributed by atoms with Gasteiger partial charge in [0.15, 0.2) is 0 Å². The Morgan fingerprint density at radius 2 is 2.31 bits per heavy atom. The topological polar surface area (TPSA) is 17.1 Å². The molecule has 0 saturated carbocycles. The first kappa shape index (κ1) is 11.1. The van der Waals surface area contributed by atoms with Gasteiger partial charge in [-0.25, -0.2) is 0 Å². The molecule has 0 aliphatic carbocycles. The third-order valence-electron chi connectivity index (χ3n) is 3.04. The minimum absolute atomic E-state index is 0.0383. The molecule has 1 nitrogen and oxygen atoms in total. The van der Waals surface area contributed by atoms with Gasteiger partial charge in [-0.05, 0) is 31.4 Å². The highest BCUT2D eigenvalue weighted by Crippen LogP contribution is 2.39. The Hall–Kier alpha value is 0.0200. The molecule has 1 aliphatic rings. The zero-order valence-corrected chi connectivity index (χ0v) is 9.75. The predicted octanol–water partition coefficient (Wildman–Crippen LogP) is 3.28. The zero-order chi connectivity index (χ0) is 9.90. The standard InChI is InChI=1S/C11H20OS/c1-4-9(2)8-10(12)11(3)6-5-7-13-11/h9H,4-8H2,1-3H3. The molecule has 1 rings (SSSR count). The highest BCUT2D eigenvalue weighted by Gasteiger charge is 2.36. The zero-order valence-electron chi connectivity index (χ0n) is 8.93. The van der Waals surface area contributed by atoms with Crippen molar-refractivity contribution in [3.63, 3.8) is 0 Å². The number of rotatable bonds is 4. The van der Waals surface area contributed by atoms with Crippen LogP contribution in [0.5, 0.6) is 0 Å². The van der Waals surface area contributed by atoms with Crippen LogP contribution in [0.2, 0.25) is 0 Å². The molecule has 0 bridgehead atoms. The molecule has 2 heteroatoms. The quantitative estimate of drug-likeness (QED) is 0.693. The van der Waals surface area contributed by atoms with Crippen LogP contribution >= 0.6 is 11.8 Å². The maximum absolute atomic E-state index is 11.9. The van der Waals surface area contributed by atoms with Gasteiger partial charge < -0.3 is 0 Å². The van der Waals surface area contributed by atoms with E-state index in [0.29, 0.717) is 11.7 Å². The molecular weight excluding hydrogens is 180 g/mol. The van der Waals surface area contributed by atoms with Crippen LogP contribution in [0.15, 0.2) is 0 Å².